The number of benzene rings is 1. The van der Waals surface area contributed by atoms with Crippen molar-refractivity contribution in [3.63, 3.8) is 0 Å². The number of ether oxygens (including phenoxy) is 2. The summed E-state index contributed by atoms with van der Waals surface area (Å²) in [4.78, 5) is 27.1. The molecule has 0 aromatic heterocycles. The summed E-state index contributed by atoms with van der Waals surface area (Å²) in [5.74, 6) is 0.249. The fourth-order valence-corrected chi connectivity index (χ4v) is 2.23. The van der Waals surface area contributed by atoms with Gasteiger partial charge in [0.15, 0.2) is 5.11 Å². The third kappa shape index (κ3) is 2.67. The molecule has 7 heteroatoms. The first-order valence-electron chi connectivity index (χ1n) is 6.44. The lowest BCUT2D eigenvalue weighted by Gasteiger charge is -2.31. The number of hydrogen-bond donors (Lipinski definition) is 0. The number of methoxy groups -OCH3 is 2. The fraction of sp³-hybridized carbons (Fsp3) is 0.267. The number of thiocarbonyl (C=S) groups is 1. The Morgan fingerprint density at radius 1 is 1.05 bits per heavy atom. The monoisotopic (exact) mass is 320 g/mol. The summed E-state index contributed by atoms with van der Waals surface area (Å²) in [6, 6.07) is 5.13. The maximum absolute atomic E-state index is 12.3. The fourth-order valence-electron chi connectivity index (χ4n) is 2.07. The summed E-state index contributed by atoms with van der Waals surface area (Å²) in [5.41, 5.74) is 0.636. The minimum Gasteiger partial charge on any atom is -0.497 e. The van der Waals surface area contributed by atoms with Gasteiger partial charge < -0.3 is 9.47 Å². The smallest absolute Gasteiger partial charge is 0.265 e. The topological polar surface area (TPSA) is 59.1 Å². The summed E-state index contributed by atoms with van der Waals surface area (Å²) in [7, 11) is 6.13. The van der Waals surface area contributed by atoms with Crippen LogP contribution in [-0.2, 0) is 9.59 Å². The van der Waals surface area contributed by atoms with Gasteiger partial charge >= 0.3 is 0 Å². The lowest BCUT2D eigenvalue weighted by Crippen LogP contribution is -2.52. The first-order valence-corrected chi connectivity index (χ1v) is 6.85. The summed E-state index contributed by atoms with van der Waals surface area (Å²) in [6.45, 7) is 0. The predicted octanol–water partition coefficient (Wildman–Crippen LogP) is 1.30. The van der Waals surface area contributed by atoms with E-state index in [-0.39, 0.29) is 10.7 Å². The number of rotatable bonds is 3. The Hall–Kier alpha value is -2.41. The van der Waals surface area contributed by atoms with Crippen LogP contribution in [-0.4, -0.2) is 55.0 Å². The number of carbonyl (C=O) groups excluding carboxylic acids is 2. The maximum atomic E-state index is 12.3. The number of nitrogens with zero attached hydrogens (tertiary/aromatic N) is 2. The quantitative estimate of drug-likeness (QED) is 0.477. The Labute approximate surface area is 133 Å². The molecule has 0 unspecified atom stereocenters. The highest BCUT2D eigenvalue weighted by molar-refractivity contribution is 7.80. The van der Waals surface area contributed by atoms with E-state index in [0.717, 1.165) is 0 Å². The molecule has 1 heterocycles. The Kier molecular flexibility index (Phi) is 4.46. The van der Waals surface area contributed by atoms with Gasteiger partial charge in [0.1, 0.15) is 17.1 Å². The van der Waals surface area contributed by atoms with Gasteiger partial charge in [-0.1, -0.05) is 0 Å². The molecule has 0 N–H and O–H groups in total. The minimum absolute atomic E-state index is 0.0297. The van der Waals surface area contributed by atoms with E-state index < -0.39 is 11.8 Å². The van der Waals surface area contributed by atoms with Gasteiger partial charge in [0, 0.05) is 25.7 Å². The molecule has 0 saturated carbocycles. The van der Waals surface area contributed by atoms with Crippen molar-refractivity contribution in [1.82, 2.24) is 9.80 Å². The van der Waals surface area contributed by atoms with Crippen LogP contribution in [0.5, 0.6) is 11.5 Å². The van der Waals surface area contributed by atoms with Gasteiger partial charge in [-0.05, 0) is 30.4 Å². The summed E-state index contributed by atoms with van der Waals surface area (Å²) >= 11 is 5.05. The normalized spacial score (nSPS) is 15.3. The summed E-state index contributed by atoms with van der Waals surface area (Å²) in [5, 5.41) is 0.175. The van der Waals surface area contributed by atoms with Crippen molar-refractivity contribution in [1.29, 1.82) is 0 Å². The molecule has 2 rings (SSSR count). The molecule has 0 aliphatic carbocycles. The highest BCUT2D eigenvalue weighted by Gasteiger charge is 2.35. The Balaban J connectivity index is 2.50. The van der Waals surface area contributed by atoms with Gasteiger partial charge in [0.05, 0.1) is 14.2 Å². The molecule has 1 aromatic carbocycles. The van der Waals surface area contributed by atoms with Crippen LogP contribution < -0.4 is 9.47 Å². The van der Waals surface area contributed by atoms with E-state index in [1.165, 1.54) is 37.1 Å². The van der Waals surface area contributed by atoms with Crippen LogP contribution in [0.25, 0.3) is 6.08 Å². The third-order valence-electron chi connectivity index (χ3n) is 3.38. The van der Waals surface area contributed by atoms with Crippen LogP contribution in [0, 0.1) is 0 Å². The van der Waals surface area contributed by atoms with Crippen LogP contribution >= 0.6 is 12.2 Å². The van der Waals surface area contributed by atoms with E-state index in [2.05, 4.69) is 0 Å². The lowest BCUT2D eigenvalue weighted by molar-refractivity contribution is -0.132. The molecule has 6 nitrogen and oxygen atoms in total. The summed E-state index contributed by atoms with van der Waals surface area (Å²) in [6.07, 6.45) is 1.50. The van der Waals surface area contributed by atoms with Crippen molar-refractivity contribution in [2.24, 2.45) is 0 Å². The second kappa shape index (κ2) is 6.15. The van der Waals surface area contributed by atoms with Crippen molar-refractivity contribution >= 4 is 35.2 Å². The molecule has 2 amide bonds. The second-order valence-corrected chi connectivity index (χ2v) is 5.04. The van der Waals surface area contributed by atoms with Crippen LogP contribution in [0.4, 0.5) is 0 Å². The van der Waals surface area contributed by atoms with Crippen molar-refractivity contribution in [2.75, 3.05) is 28.3 Å². The molecular weight excluding hydrogens is 304 g/mol. The molecule has 0 spiro atoms. The molecule has 1 aliphatic rings. The average Bonchev–Trinajstić information content (AvgIpc) is 2.55. The molecule has 0 atom stereocenters. The first kappa shape index (κ1) is 16.0. The zero-order chi connectivity index (χ0) is 16.4. The van der Waals surface area contributed by atoms with E-state index in [1.54, 1.807) is 25.3 Å². The largest absolute Gasteiger partial charge is 0.497 e. The second-order valence-electron chi connectivity index (χ2n) is 4.68. The van der Waals surface area contributed by atoms with Crippen LogP contribution in [0.15, 0.2) is 23.8 Å². The van der Waals surface area contributed by atoms with Crippen molar-refractivity contribution < 1.29 is 19.1 Å². The molecule has 1 aliphatic heterocycles. The van der Waals surface area contributed by atoms with Crippen molar-refractivity contribution in [3.8, 4) is 11.5 Å². The first-order chi connectivity index (χ1) is 10.4. The molecule has 116 valence electrons. The Bertz CT molecular complexity index is 658. The van der Waals surface area contributed by atoms with Gasteiger partial charge in [-0.15, -0.1) is 0 Å². The van der Waals surface area contributed by atoms with Gasteiger partial charge in [-0.2, -0.15) is 0 Å². The zero-order valence-electron chi connectivity index (χ0n) is 12.7. The van der Waals surface area contributed by atoms with E-state index in [4.69, 9.17) is 21.7 Å². The van der Waals surface area contributed by atoms with Gasteiger partial charge in [-0.25, -0.2) is 0 Å². The maximum Gasteiger partial charge on any atom is 0.265 e. The van der Waals surface area contributed by atoms with Gasteiger partial charge in [-0.3, -0.25) is 19.4 Å². The standard InChI is InChI=1S/C15H16N2O4S/c1-16-13(18)11(14(19)17(2)15(16)22)7-9-5-6-10(20-3)8-12(9)21-4/h5-8H,1-4H3. The van der Waals surface area contributed by atoms with Crippen LogP contribution in [0.1, 0.15) is 5.56 Å². The van der Waals surface area contributed by atoms with E-state index in [0.29, 0.717) is 17.1 Å². The summed E-state index contributed by atoms with van der Waals surface area (Å²) < 4.78 is 10.4. The van der Waals surface area contributed by atoms with Gasteiger partial charge in [0.25, 0.3) is 11.8 Å². The predicted molar refractivity (Wildman–Crippen MR) is 85.7 cm³/mol. The molecule has 1 saturated heterocycles. The highest BCUT2D eigenvalue weighted by atomic mass is 32.1. The van der Waals surface area contributed by atoms with Crippen molar-refractivity contribution in [3.05, 3.63) is 29.3 Å². The van der Waals surface area contributed by atoms with Crippen LogP contribution in [0.3, 0.4) is 0 Å². The van der Waals surface area contributed by atoms with Gasteiger partial charge in [0.2, 0.25) is 0 Å². The third-order valence-corrected chi connectivity index (χ3v) is 3.93. The number of amides is 2. The van der Waals surface area contributed by atoms with Crippen LogP contribution in [0.2, 0.25) is 0 Å². The van der Waals surface area contributed by atoms with E-state index >= 15 is 0 Å². The lowest BCUT2D eigenvalue weighted by atomic mass is 10.1. The van der Waals surface area contributed by atoms with Crippen molar-refractivity contribution in [2.45, 2.75) is 0 Å². The molecule has 0 radical (unpaired) electrons. The SMILES string of the molecule is COc1ccc(C=C2C(=O)N(C)C(=S)N(C)C2=O)c(OC)c1. The number of carbonyl (C=O) groups is 2. The Morgan fingerprint density at radius 3 is 2.14 bits per heavy atom. The molecular formula is C15H16N2O4S. The number of likely N-dealkylation sites (N-methyl/N-ethyl adjacent to an activating group) is 2. The number of hydrogen-bond acceptors (Lipinski definition) is 5. The molecule has 22 heavy (non-hydrogen) atoms. The zero-order valence-corrected chi connectivity index (χ0v) is 13.6. The molecule has 1 aromatic rings. The highest BCUT2D eigenvalue weighted by Crippen LogP contribution is 2.28. The minimum atomic E-state index is -0.439. The van der Waals surface area contributed by atoms with E-state index in [1.807, 2.05) is 0 Å². The van der Waals surface area contributed by atoms with E-state index in [9.17, 15) is 9.59 Å². The molecule has 1 fully saturated rings. The average molecular weight is 320 g/mol. The molecule has 0 bridgehead atoms. The Morgan fingerprint density at radius 2 is 1.64 bits per heavy atom.